The molecule has 1 unspecified atom stereocenters. The zero-order chi connectivity index (χ0) is 12.7. The summed E-state index contributed by atoms with van der Waals surface area (Å²) >= 11 is 5.96. The topological polar surface area (TPSA) is 21.3 Å². The Labute approximate surface area is 107 Å². The van der Waals surface area contributed by atoms with Crippen LogP contribution in [-0.2, 0) is 11.3 Å². The number of methoxy groups -OCH3 is 1. The van der Waals surface area contributed by atoms with Crippen LogP contribution in [0.1, 0.15) is 25.3 Å². The fourth-order valence-electron chi connectivity index (χ4n) is 1.74. The average molecular weight is 260 g/mol. The van der Waals surface area contributed by atoms with E-state index >= 15 is 0 Å². The van der Waals surface area contributed by atoms with Crippen molar-refractivity contribution >= 4 is 11.6 Å². The fourth-order valence-corrected chi connectivity index (χ4v) is 1.97. The third-order valence-corrected chi connectivity index (χ3v) is 2.99. The normalized spacial score (nSPS) is 12.7. The lowest BCUT2D eigenvalue weighted by atomic mass is 10.1. The maximum Gasteiger partial charge on any atom is 0.129 e. The molecule has 17 heavy (non-hydrogen) atoms. The number of halogens is 2. The van der Waals surface area contributed by atoms with Gasteiger partial charge in [-0.15, -0.1) is 0 Å². The molecule has 0 spiro atoms. The molecule has 2 nitrogen and oxygen atoms in total. The van der Waals surface area contributed by atoms with Crippen LogP contribution in [0.15, 0.2) is 18.2 Å². The molecule has 96 valence electrons. The van der Waals surface area contributed by atoms with Gasteiger partial charge in [0.1, 0.15) is 5.82 Å². The van der Waals surface area contributed by atoms with Gasteiger partial charge in [0.25, 0.3) is 0 Å². The zero-order valence-corrected chi connectivity index (χ0v) is 11.1. The highest BCUT2D eigenvalue weighted by molar-refractivity contribution is 6.31. The monoisotopic (exact) mass is 259 g/mol. The van der Waals surface area contributed by atoms with Crippen molar-refractivity contribution in [3.05, 3.63) is 34.6 Å². The van der Waals surface area contributed by atoms with Gasteiger partial charge in [-0.3, -0.25) is 0 Å². The maximum absolute atomic E-state index is 13.5. The molecule has 1 aromatic rings. The van der Waals surface area contributed by atoms with Crippen molar-refractivity contribution in [1.29, 1.82) is 0 Å². The van der Waals surface area contributed by atoms with E-state index in [1.807, 2.05) is 0 Å². The third kappa shape index (κ3) is 4.62. The minimum Gasteiger partial charge on any atom is -0.383 e. The molecule has 0 fully saturated rings. The molecule has 0 amide bonds. The molecule has 1 rings (SSSR count). The molecule has 0 aliphatic rings. The summed E-state index contributed by atoms with van der Waals surface area (Å²) in [5.74, 6) is -0.266. The standard InChI is InChI=1S/C13H19ClFNO/c1-3-5-10(9-17-2)16-8-11-12(14)6-4-7-13(11)15/h4,6-7,10,16H,3,5,8-9H2,1-2H3. The summed E-state index contributed by atoms with van der Waals surface area (Å²) in [6.45, 7) is 3.17. The van der Waals surface area contributed by atoms with Gasteiger partial charge in [-0.05, 0) is 18.6 Å². The van der Waals surface area contributed by atoms with Gasteiger partial charge in [0.05, 0.1) is 6.61 Å². The van der Waals surface area contributed by atoms with Crippen LogP contribution in [0.25, 0.3) is 0 Å². The van der Waals surface area contributed by atoms with Crippen molar-refractivity contribution in [2.75, 3.05) is 13.7 Å². The SMILES string of the molecule is CCCC(COC)NCc1c(F)cccc1Cl. The lowest BCUT2D eigenvalue weighted by molar-refractivity contribution is 0.161. The summed E-state index contributed by atoms with van der Waals surface area (Å²) in [4.78, 5) is 0. The Hall–Kier alpha value is -0.640. The summed E-state index contributed by atoms with van der Waals surface area (Å²) in [7, 11) is 1.67. The van der Waals surface area contributed by atoms with Crippen LogP contribution in [0.2, 0.25) is 5.02 Å². The number of nitrogens with one attached hydrogen (secondary N) is 1. The van der Waals surface area contributed by atoms with E-state index in [1.54, 1.807) is 19.2 Å². The predicted octanol–water partition coefficient (Wildman–Crippen LogP) is 3.38. The van der Waals surface area contributed by atoms with Gasteiger partial charge in [-0.1, -0.05) is 31.0 Å². The first-order valence-electron chi connectivity index (χ1n) is 5.84. The highest BCUT2D eigenvalue weighted by atomic mass is 35.5. The third-order valence-electron chi connectivity index (χ3n) is 2.63. The number of benzene rings is 1. The first-order chi connectivity index (χ1) is 8.19. The highest BCUT2D eigenvalue weighted by Gasteiger charge is 2.10. The molecule has 0 aliphatic carbocycles. The van der Waals surface area contributed by atoms with Crippen molar-refractivity contribution in [1.82, 2.24) is 5.32 Å². The molecule has 1 N–H and O–H groups in total. The van der Waals surface area contributed by atoms with Crippen LogP contribution in [0.3, 0.4) is 0 Å². The summed E-state index contributed by atoms with van der Waals surface area (Å²) in [6.07, 6.45) is 2.06. The van der Waals surface area contributed by atoms with Crippen LogP contribution in [0, 0.1) is 5.82 Å². The van der Waals surface area contributed by atoms with E-state index in [9.17, 15) is 4.39 Å². The first-order valence-corrected chi connectivity index (χ1v) is 6.22. The van der Waals surface area contributed by atoms with Crippen molar-refractivity contribution in [3.63, 3.8) is 0 Å². The van der Waals surface area contributed by atoms with E-state index in [-0.39, 0.29) is 11.9 Å². The highest BCUT2D eigenvalue weighted by Crippen LogP contribution is 2.18. The van der Waals surface area contributed by atoms with Crippen LogP contribution < -0.4 is 5.32 Å². The van der Waals surface area contributed by atoms with Gasteiger partial charge in [-0.25, -0.2) is 4.39 Å². The Morgan fingerprint density at radius 2 is 2.24 bits per heavy atom. The Morgan fingerprint density at radius 1 is 1.47 bits per heavy atom. The van der Waals surface area contributed by atoms with Gasteiger partial charge in [-0.2, -0.15) is 0 Å². The minimum absolute atomic E-state index is 0.237. The molecule has 0 radical (unpaired) electrons. The quantitative estimate of drug-likeness (QED) is 0.811. The molecule has 0 aromatic heterocycles. The molecule has 1 atom stereocenters. The van der Waals surface area contributed by atoms with Crippen LogP contribution >= 0.6 is 11.6 Å². The molecular weight excluding hydrogens is 241 g/mol. The number of hydrogen-bond donors (Lipinski definition) is 1. The molecular formula is C13H19ClFNO. The lowest BCUT2D eigenvalue weighted by Gasteiger charge is -2.17. The molecule has 0 saturated heterocycles. The van der Waals surface area contributed by atoms with E-state index in [0.29, 0.717) is 23.7 Å². The minimum atomic E-state index is -0.266. The predicted molar refractivity (Wildman–Crippen MR) is 68.8 cm³/mol. The average Bonchev–Trinajstić information content (AvgIpc) is 2.29. The van der Waals surface area contributed by atoms with Gasteiger partial charge in [0, 0.05) is 30.3 Å². The van der Waals surface area contributed by atoms with Crippen LogP contribution in [0.5, 0.6) is 0 Å². The van der Waals surface area contributed by atoms with Crippen molar-refractivity contribution < 1.29 is 9.13 Å². The van der Waals surface area contributed by atoms with E-state index in [4.69, 9.17) is 16.3 Å². The lowest BCUT2D eigenvalue weighted by Crippen LogP contribution is -2.32. The van der Waals surface area contributed by atoms with Gasteiger partial charge in [0.2, 0.25) is 0 Å². The second kappa shape index (κ2) is 7.64. The maximum atomic E-state index is 13.5. The Kier molecular flexibility index (Phi) is 6.48. The van der Waals surface area contributed by atoms with E-state index < -0.39 is 0 Å². The summed E-state index contributed by atoms with van der Waals surface area (Å²) < 4.78 is 18.6. The molecule has 0 aliphatic heterocycles. The number of ether oxygens (including phenoxy) is 1. The van der Waals surface area contributed by atoms with Gasteiger partial charge in [0.15, 0.2) is 0 Å². The molecule has 0 heterocycles. The van der Waals surface area contributed by atoms with Crippen LogP contribution in [0.4, 0.5) is 4.39 Å². The molecule has 0 bridgehead atoms. The smallest absolute Gasteiger partial charge is 0.129 e. The second-order valence-electron chi connectivity index (χ2n) is 4.02. The van der Waals surface area contributed by atoms with E-state index in [2.05, 4.69) is 12.2 Å². The Morgan fingerprint density at radius 3 is 2.82 bits per heavy atom. The largest absolute Gasteiger partial charge is 0.383 e. The molecule has 0 saturated carbocycles. The Bertz CT molecular complexity index is 320. The van der Waals surface area contributed by atoms with Gasteiger partial charge < -0.3 is 10.1 Å². The van der Waals surface area contributed by atoms with Crippen molar-refractivity contribution in [2.45, 2.75) is 32.4 Å². The van der Waals surface area contributed by atoms with Crippen molar-refractivity contribution in [2.24, 2.45) is 0 Å². The first kappa shape index (κ1) is 14.4. The van der Waals surface area contributed by atoms with Crippen molar-refractivity contribution in [3.8, 4) is 0 Å². The summed E-state index contributed by atoms with van der Waals surface area (Å²) in [5, 5.41) is 3.73. The molecule has 1 aromatic carbocycles. The summed E-state index contributed by atoms with van der Waals surface area (Å²) in [6, 6.07) is 4.97. The second-order valence-corrected chi connectivity index (χ2v) is 4.43. The number of hydrogen-bond acceptors (Lipinski definition) is 2. The molecule has 4 heteroatoms. The summed E-state index contributed by atoms with van der Waals surface area (Å²) in [5.41, 5.74) is 0.520. The van der Waals surface area contributed by atoms with E-state index in [0.717, 1.165) is 12.8 Å². The van der Waals surface area contributed by atoms with E-state index in [1.165, 1.54) is 6.07 Å². The fraction of sp³-hybridized carbons (Fsp3) is 0.538. The van der Waals surface area contributed by atoms with Crippen LogP contribution in [-0.4, -0.2) is 19.8 Å². The van der Waals surface area contributed by atoms with Gasteiger partial charge >= 0.3 is 0 Å². The Balaban J connectivity index is 2.58. The number of rotatable bonds is 7. The zero-order valence-electron chi connectivity index (χ0n) is 10.3.